The van der Waals surface area contributed by atoms with Gasteiger partial charge in [0.1, 0.15) is 0 Å². The van der Waals surface area contributed by atoms with Gasteiger partial charge in [-0.1, -0.05) is 24.3 Å². The van der Waals surface area contributed by atoms with Gasteiger partial charge in [0, 0.05) is 0 Å². The van der Waals surface area contributed by atoms with Crippen molar-refractivity contribution in [3.8, 4) is 11.1 Å². The maximum absolute atomic E-state index is 8.35. The van der Waals surface area contributed by atoms with Gasteiger partial charge in [-0.05, 0) is 35.4 Å². The molecule has 0 fully saturated rings. The Balaban J connectivity index is 0.000000772. The van der Waals surface area contributed by atoms with E-state index in [1.165, 1.54) is 0 Å². The van der Waals surface area contributed by atoms with Crippen molar-refractivity contribution in [3.05, 3.63) is 48.5 Å². The van der Waals surface area contributed by atoms with Crippen LogP contribution in [0.15, 0.2) is 48.5 Å². The van der Waals surface area contributed by atoms with Crippen molar-refractivity contribution in [1.82, 2.24) is 0 Å². The van der Waals surface area contributed by atoms with E-state index in [4.69, 9.17) is 30.1 Å². The molecule has 0 aliphatic carbocycles. The summed E-state index contributed by atoms with van der Waals surface area (Å²) in [6.07, 6.45) is 1.50. The Labute approximate surface area is 139 Å². The van der Waals surface area contributed by atoms with Crippen molar-refractivity contribution in [1.29, 1.82) is 10.8 Å². The van der Waals surface area contributed by atoms with Crippen LogP contribution in [-0.4, -0.2) is 26.4 Å². The molecule has 126 valence electrons. The quantitative estimate of drug-likeness (QED) is 0.379. The van der Waals surface area contributed by atoms with Gasteiger partial charge in [0.25, 0.3) is 0 Å². The molecule has 0 aromatic heterocycles. The summed E-state index contributed by atoms with van der Waals surface area (Å²) in [4.78, 5) is 26.4. The number of hydrogen-bond donors (Lipinski definition) is 4. The van der Waals surface area contributed by atoms with Crippen molar-refractivity contribution in [2.24, 2.45) is 0 Å². The van der Waals surface area contributed by atoms with E-state index in [0.29, 0.717) is 0 Å². The number of rotatable bonds is 5. The van der Waals surface area contributed by atoms with E-state index in [0.717, 1.165) is 34.7 Å². The molecule has 2 aromatic rings. The number of hydrogen-bond acceptors (Lipinski definition) is 8. The maximum atomic E-state index is 8.35. The third kappa shape index (κ3) is 8.23. The second-order valence-electron chi connectivity index (χ2n) is 3.97. The van der Waals surface area contributed by atoms with Crippen LogP contribution in [0.5, 0.6) is 0 Å². The first-order valence-corrected chi connectivity index (χ1v) is 6.53. The molecular weight excluding hydrogens is 312 g/mol. The second-order valence-corrected chi connectivity index (χ2v) is 3.97. The molecular formula is C16H18N4O4. The smallest absolute Gasteiger partial charge is 0.231 e. The van der Waals surface area contributed by atoms with Crippen molar-refractivity contribution >= 4 is 23.5 Å². The number of isocyanates is 2. The highest BCUT2D eigenvalue weighted by Gasteiger charge is 1.98. The normalized spacial score (nSPS) is 8.25. The Hall–Kier alpha value is -3.28. The van der Waals surface area contributed by atoms with Gasteiger partial charge in [-0.2, -0.15) is 0 Å². The van der Waals surface area contributed by atoms with Gasteiger partial charge >= 0.3 is 0 Å². The summed E-state index contributed by atoms with van der Waals surface area (Å²) in [5.74, 6) is 0. The summed E-state index contributed by atoms with van der Waals surface area (Å²) in [6, 6.07) is 16.1. The largest absolute Gasteiger partial charge is 0.279 e. The lowest BCUT2D eigenvalue weighted by atomic mass is 10.1. The minimum atomic E-state index is 0.750. The van der Waals surface area contributed by atoms with Gasteiger partial charge in [0.2, 0.25) is 12.2 Å². The zero-order chi connectivity index (χ0) is 18.2. The Bertz CT molecular complexity index is 585. The Morgan fingerprint density at radius 2 is 0.958 bits per heavy atom. The van der Waals surface area contributed by atoms with E-state index in [9.17, 15) is 0 Å². The van der Waals surface area contributed by atoms with Crippen LogP contribution in [0.3, 0.4) is 0 Å². The summed E-state index contributed by atoms with van der Waals surface area (Å²) in [7, 11) is 3.19. The van der Waals surface area contributed by atoms with Crippen LogP contribution >= 0.6 is 0 Å². The molecule has 0 unspecified atom stereocenters. The third-order valence-corrected chi connectivity index (χ3v) is 2.54. The van der Waals surface area contributed by atoms with Crippen molar-refractivity contribution in [2.45, 2.75) is 0 Å². The van der Waals surface area contributed by atoms with Crippen LogP contribution in [0, 0.1) is 10.8 Å². The lowest BCUT2D eigenvalue weighted by molar-refractivity contribution is 0.271. The lowest BCUT2D eigenvalue weighted by Crippen LogP contribution is -1.95. The zero-order valence-electron chi connectivity index (χ0n) is 13.3. The number of nitrogens with one attached hydrogen (secondary N) is 4. The molecule has 0 radical (unpaired) electrons. The summed E-state index contributed by atoms with van der Waals surface area (Å²) < 4.78 is 0. The molecule has 0 bridgehead atoms. The first-order chi connectivity index (χ1) is 11.7. The second kappa shape index (κ2) is 13.4. The van der Waals surface area contributed by atoms with Crippen LogP contribution in [0.1, 0.15) is 0 Å². The average Bonchev–Trinajstić information content (AvgIpc) is 2.58. The molecule has 2 aromatic carbocycles. The highest BCUT2D eigenvalue weighted by molar-refractivity contribution is 5.67. The van der Waals surface area contributed by atoms with Gasteiger partial charge in [0.15, 0.2) is 0 Å². The van der Waals surface area contributed by atoms with Gasteiger partial charge in [-0.15, -0.1) is 0 Å². The molecule has 0 heterocycles. The molecule has 4 N–H and O–H groups in total. The summed E-state index contributed by atoms with van der Waals surface area (Å²) in [6.45, 7) is 0. The standard InChI is InChI=1S/C14H16N2O2.2CHNO/c1-17-15-13-7-3-11(4-8-13)12-5-9-14(10-6-12)16-18-2;2*2-1-3/h3-10,15-16H,1-2H3;2*2H. The molecule has 24 heavy (non-hydrogen) atoms. The van der Waals surface area contributed by atoms with E-state index < -0.39 is 0 Å². The molecule has 0 spiro atoms. The Morgan fingerprint density at radius 3 is 1.17 bits per heavy atom. The molecule has 0 saturated heterocycles. The SMILES string of the molecule is CONc1ccc(-c2ccc(NOC)cc2)cc1.N=C=O.N=C=O. The van der Waals surface area contributed by atoms with Gasteiger partial charge in [-0.25, -0.2) is 20.4 Å². The van der Waals surface area contributed by atoms with E-state index in [1.807, 2.05) is 48.5 Å². The molecule has 8 nitrogen and oxygen atoms in total. The molecule has 0 aliphatic rings. The monoisotopic (exact) mass is 330 g/mol. The van der Waals surface area contributed by atoms with Crippen LogP contribution < -0.4 is 11.0 Å². The van der Waals surface area contributed by atoms with Crippen LogP contribution in [0.2, 0.25) is 0 Å². The third-order valence-electron chi connectivity index (χ3n) is 2.54. The van der Waals surface area contributed by atoms with Crippen molar-refractivity contribution < 1.29 is 19.3 Å². The van der Waals surface area contributed by atoms with Gasteiger partial charge in [0.05, 0.1) is 25.6 Å². The number of carbonyl (C=O) groups excluding carboxylic acids is 2. The van der Waals surface area contributed by atoms with E-state index in [-0.39, 0.29) is 0 Å². The van der Waals surface area contributed by atoms with Crippen LogP contribution in [0.25, 0.3) is 11.1 Å². The fraction of sp³-hybridized carbons (Fsp3) is 0.125. The number of anilines is 2. The lowest BCUT2D eigenvalue weighted by Gasteiger charge is -2.07. The van der Waals surface area contributed by atoms with E-state index in [1.54, 1.807) is 14.2 Å². The first-order valence-electron chi connectivity index (χ1n) is 6.53. The Morgan fingerprint density at radius 1 is 0.708 bits per heavy atom. The van der Waals surface area contributed by atoms with Gasteiger partial charge < -0.3 is 0 Å². The summed E-state index contributed by atoms with van der Waals surface area (Å²) >= 11 is 0. The first kappa shape index (κ1) is 20.7. The highest BCUT2D eigenvalue weighted by Crippen LogP contribution is 2.23. The van der Waals surface area contributed by atoms with E-state index >= 15 is 0 Å². The average molecular weight is 330 g/mol. The highest BCUT2D eigenvalue weighted by atomic mass is 16.6. The molecule has 0 aliphatic heterocycles. The topological polar surface area (TPSA) is 124 Å². The van der Waals surface area contributed by atoms with Crippen LogP contribution in [-0.2, 0) is 19.3 Å². The van der Waals surface area contributed by atoms with Crippen molar-refractivity contribution in [2.75, 3.05) is 25.2 Å². The maximum Gasteiger partial charge on any atom is 0.231 e. The fourth-order valence-corrected chi connectivity index (χ4v) is 1.70. The van der Waals surface area contributed by atoms with E-state index in [2.05, 4.69) is 11.0 Å². The molecule has 8 heteroatoms. The molecule has 2 rings (SSSR count). The van der Waals surface area contributed by atoms with Crippen molar-refractivity contribution in [3.63, 3.8) is 0 Å². The Kier molecular flexibility index (Phi) is 11.6. The molecule has 0 amide bonds. The predicted molar refractivity (Wildman–Crippen MR) is 90.0 cm³/mol. The predicted octanol–water partition coefficient (Wildman–Crippen LogP) is 3.10. The zero-order valence-corrected chi connectivity index (χ0v) is 13.3. The fourth-order valence-electron chi connectivity index (χ4n) is 1.70. The minimum absolute atomic E-state index is 0.750. The summed E-state index contributed by atoms with van der Waals surface area (Å²) in [5.41, 5.74) is 9.74. The van der Waals surface area contributed by atoms with Gasteiger partial charge in [-0.3, -0.25) is 20.6 Å². The molecule has 0 saturated carbocycles. The number of benzene rings is 2. The molecule has 0 atom stereocenters. The van der Waals surface area contributed by atoms with Crippen LogP contribution in [0.4, 0.5) is 11.4 Å². The minimum Gasteiger partial charge on any atom is -0.279 e. The summed E-state index contributed by atoms with van der Waals surface area (Å²) in [5, 5.41) is 10.8.